The molecule has 5 nitrogen and oxygen atoms in total. The van der Waals surface area contributed by atoms with Crippen molar-refractivity contribution >= 4 is 23.3 Å². The van der Waals surface area contributed by atoms with Crippen LogP contribution < -0.4 is 15.5 Å². The van der Waals surface area contributed by atoms with Gasteiger partial charge >= 0.3 is 6.03 Å². The van der Waals surface area contributed by atoms with Crippen LogP contribution in [0.15, 0.2) is 78.9 Å². The van der Waals surface area contributed by atoms with Crippen LogP contribution in [0, 0.1) is 5.92 Å². The lowest BCUT2D eigenvalue weighted by Gasteiger charge is -2.31. The molecular weight excluding hydrogens is 398 g/mol. The summed E-state index contributed by atoms with van der Waals surface area (Å²) in [5.41, 5.74) is 4.73. The minimum atomic E-state index is -0.291. The largest absolute Gasteiger partial charge is 0.327 e. The highest BCUT2D eigenvalue weighted by Crippen LogP contribution is 2.31. The summed E-state index contributed by atoms with van der Waals surface area (Å²) < 4.78 is 0. The van der Waals surface area contributed by atoms with Gasteiger partial charge in [-0.05, 0) is 41.7 Å². The highest BCUT2D eigenvalue weighted by molar-refractivity contribution is 5.97. The number of anilines is 2. The monoisotopic (exact) mass is 427 g/mol. The molecule has 3 aromatic rings. The zero-order valence-electron chi connectivity index (χ0n) is 18.5. The van der Waals surface area contributed by atoms with Crippen molar-refractivity contribution in [1.82, 2.24) is 5.32 Å². The summed E-state index contributed by atoms with van der Waals surface area (Å²) in [5, 5.41) is 6.06. The van der Waals surface area contributed by atoms with Gasteiger partial charge in [0.15, 0.2) is 0 Å². The number of rotatable bonds is 5. The third kappa shape index (κ3) is 4.83. The van der Waals surface area contributed by atoms with Crippen molar-refractivity contribution in [3.63, 3.8) is 0 Å². The molecule has 1 aliphatic rings. The maximum absolute atomic E-state index is 13.0. The SMILES string of the molecule is CC(C)C(=O)N1CCCc2ccc(NC(=O)NC(c3ccccc3)c3ccccc3)cc21. The van der Waals surface area contributed by atoms with E-state index in [2.05, 4.69) is 10.6 Å². The summed E-state index contributed by atoms with van der Waals surface area (Å²) in [5.74, 6) is 0.0409. The maximum atomic E-state index is 13.0. The number of hydrogen-bond acceptors (Lipinski definition) is 2. The average molecular weight is 428 g/mol. The number of hydrogen-bond donors (Lipinski definition) is 2. The summed E-state index contributed by atoms with van der Waals surface area (Å²) in [6.45, 7) is 4.54. The van der Waals surface area contributed by atoms with Crippen LogP contribution in [0.3, 0.4) is 0 Å². The van der Waals surface area contributed by atoms with E-state index in [1.807, 2.05) is 97.6 Å². The summed E-state index contributed by atoms with van der Waals surface area (Å²) in [6.07, 6.45) is 1.89. The third-order valence-electron chi connectivity index (χ3n) is 5.76. The lowest BCUT2D eigenvalue weighted by molar-refractivity contribution is -0.121. The van der Waals surface area contributed by atoms with Crippen molar-refractivity contribution in [2.45, 2.75) is 32.7 Å². The van der Waals surface area contributed by atoms with Crippen LogP contribution in [-0.2, 0) is 11.2 Å². The summed E-state index contributed by atoms with van der Waals surface area (Å²) in [7, 11) is 0. The lowest BCUT2D eigenvalue weighted by Crippen LogP contribution is -2.38. The Hall–Kier alpha value is -3.60. The van der Waals surface area contributed by atoms with E-state index >= 15 is 0 Å². The molecule has 0 bridgehead atoms. The van der Waals surface area contributed by atoms with Gasteiger partial charge in [-0.1, -0.05) is 80.6 Å². The van der Waals surface area contributed by atoms with Crippen LogP contribution in [0.1, 0.15) is 43.0 Å². The van der Waals surface area contributed by atoms with Gasteiger partial charge in [0.05, 0.1) is 6.04 Å². The van der Waals surface area contributed by atoms with Gasteiger partial charge in [0, 0.05) is 23.8 Å². The second kappa shape index (κ2) is 9.69. The highest BCUT2D eigenvalue weighted by atomic mass is 16.2. The van der Waals surface area contributed by atoms with Crippen LogP contribution in [-0.4, -0.2) is 18.5 Å². The number of urea groups is 1. The zero-order valence-corrected chi connectivity index (χ0v) is 18.5. The maximum Gasteiger partial charge on any atom is 0.319 e. The number of nitrogens with one attached hydrogen (secondary N) is 2. The minimum absolute atomic E-state index is 0.0710. The lowest BCUT2D eigenvalue weighted by atomic mass is 9.99. The van der Waals surface area contributed by atoms with Crippen molar-refractivity contribution in [2.75, 3.05) is 16.8 Å². The molecule has 0 aliphatic carbocycles. The topological polar surface area (TPSA) is 61.4 Å². The molecule has 1 heterocycles. The van der Waals surface area contributed by atoms with E-state index in [1.54, 1.807) is 0 Å². The molecule has 0 unspecified atom stereocenters. The zero-order chi connectivity index (χ0) is 22.5. The first kappa shape index (κ1) is 21.6. The Bertz CT molecular complexity index is 1040. The number of fused-ring (bicyclic) bond motifs is 1. The molecule has 0 fully saturated rings. The molecule has 0 atom stereocenters. The second-order valence-corrected chi connectivity index (χ2v) is 8.44. The molecule has 0 saturated carbocycles. The predicted octanol–water partition coefficient (Wildman–Crippen LogP) is 5.53. The molecule has 32 heavy (non-hydrogen) atoms. The van der Waals surface area contributed by atoms with E-state index in [4.69, 9.17) is 0 Å². The number of carbonyl (C=O) groups excluding carboxylic acids is 2. The molecule has 0 spiro atoms. The van der Waals surface area contributed by atoms with Gasteiger partial charge in [-0.3, -0.25) is 4.79 Å². The number of benzene rings is 3. The summed E-state index contributed by atoms with van der Waals surface area (Å²) in [6, 6.07) is 25.1. The molecule has 3 amide bonds. The van der Waals surface area contributed by atoms with Gasteiger partial charge in [0.25, 0.3) is 0 Å². The first-order chi connectivity index (χ1) is 15.5. The van der Waals surface area contributed by atoms with Gasteiger partial charge < -0.3 is 15.5 Å². The van der Waals surface area contributed by atoms with Gasteiger partial charge in [-0.15, -0.1) is 0 Å². The Kier molecular flexibility index (Phi) is 6.55. The second-order valence-electron chi connectivity index (χ2n) is 8.44. The fourth-order valence-electron chi connectivity index (χ4n) is 4.14. The third-order valence-corrected chi connectivity index (χ3v) is 5.76. The number of nitrogens with zero attached hydrogens (tertiary/aromatic N) is 1. The van der Waals surface area contributed by atoms with E-state index in [1.165, 1.54) is 0 Å². The van der Waals surface area contributed by atoms with Crippen molar-refractivity contribution in [1.29, 1.82) is 0 Å². The van der Waals surface area contributed by atoms with Gasteiger partial charge in [0.1, 0.15) is 0 Å². The molecule has 0 aromatic heterocycles. The molecule has 4 rings (SSSR count). The van der Waals surface area contributed by atoms with Gasteiger partial charge in [-0.25, -0.2) is 4.79 Å². The van der Waals surface area contributed by atoms with Crippen molar-refractivity contribution in [2.24, 2.45) is 5.92 Å². The van der Waals surface area contributed by atoms with Crippen molar-refractivity contribution in [3.05, 3.63) is 95.6 Å². The van der Waals surface area contributed by atoms with Gasteiger partial charge in [-0.2, -0.15) is 0 Å². The Balaban J connectivity index is 1.54. The average Bonchev–Trinajstić information content (AvgIpc) is 2.82. The molecule has 164 valence electrons. The molecule has 0 saturated heterocycles. The van der Waals surface area contributed by atoms with E-state index in [0.29, 0.717) is 12.2 Å². The Morgan fingerprint density at radius 3 is 2.09 bits per heavy atom. The quantitative estimate of drug-likeness (QED) is 0.562. The van der Waals surface area contributed by atoms with Crippen LogP contribution in [0.5, 0.6) is 0 Å². The standard InChI is InChI=1S/C27H29N3O2/c1-19(2)26(31)30-17-9-14-20-15-16-23(18-24(20)30)28-27(32)29-25(21-10-5-3-6-11-21)22-12-7-4-8-13-22/h3-8,10-13,15-16,18-19,25H,9,14,17H2,1-2H3,(H2,28,29,32). The Morgan fingerprint density at radius 2 is 1.50 bits per heavy atom. The number of amides is 3. The first-order valence-electron chi connectivity index (χ1n) is 11.1. The molecular formula is C27H29N3O2. The summed E-state index contributed by atoms with van der Waals surface area (Å²) in [4.78, 5) is 27.5. The van der Waals surface area contributed by atoms with Crippen LogP contribution >= 0.6 is 0 Å². The van der Waals surface area contributed by atoms with E-state index in [9.17, 15) is 9.59 Å². The molecule has 0 radical (unpaired) electrons. The molecule has 3 aromatic carbocycles. The van der Waals surface area contributed by atoms with E-state index < -0.39 is 0 Å². The highest BCUT2D eigenvalue weighted by Gasteiger charge is 2.25. The Morgan fingerprint density at radius 1 is 0.875 bits per heavy atom. The minimum Gasteiger partial charge on any atom is -0.327 e. The molecule has 2 N–H and O–H groups in total. The fraction of sp³-hybridized carbons (Fsp3) is 0.259. The predicted molar refractivity (Wildman–Crippen MR) is 129 cm³/mol. The number of aryl methyl sites for hydroxylation is 1. The van der Waals surface area contributed by atoms with Crippen LogP contribution in [0.2, 0.25) is 0 Å². The van der Waals surface area contributed by atoms with Crippen LogP contribution in [0.4, 0.5) is 16.2 Å². The molecule has 5 heteroatoms. The smallest absolute Gasteiger partial charge is 0.319 e. The normalized spacial score (nSPS) is 13.1. The summed E-state index contributed by atoms with van der Waals surface area (Å²) >= 11 is 0. The van der Waals surface area contributed by atoms with Crippen LogP contribution in [0.25, 0.3) is 0 Å². The fourth-order valence-corrected chi connectivity index (χ4v) is 4.14. The Labute approximate surface area is 189 Å². The first-order valence-corrected chi connectivity index (χ1v) is 11.1. The van der Waals surface area contributed by atoms with Crippen molar-refractivity contribution < 1.29 is 9.59 Å². The molecule has 1 aliphatic heterocycles. The number of carbonyl (C=O) groups is 2. The van der Waals surface area contributed by atoms with Gasteiger partial charge in [0.2, 0.25) is 5.91 Å². The van der Waals surface area contributed by atoms with Crippen molar-refractivity contribution in [3.8, 4) is 0 Å². The van der Waals surface area contributed by atoms with E-state index in [-0.39, 0.29) is 23.9 Å². The van der Waals surface area contributed by atoms with E-state index in [0.717, 1.165) is 35.2 Å².